The molecule has 0 N–H and O–H groups in total. The molecule has 2 aromatic rings. The lowest BCUT2D eigenvalue weighted by atomic mass is 9.89. The van der Waals surface area contributed by atoms with Crippen LogP contribution in [0.3, 0.4) is 0 Å². The maximum atomic E-state index is 13.1. The van der Waals surface area contributed by atoms with Crippen molar-refractivity contribution >= 4 is 11.7 Å². The van der Waals surface area contributed by atoms with Crippen LogP contribution in [-0.4, -0.2) is 48.1 Å². The number of unbranched alkanes of at least 4 members (excludes halogenated alkanes) is 1. The highest BCUT2D eigenvalue weighted by Gasteiger charge is 2.33. The van der Waals surface area contributed by atoms with Gasteiger partial charge in [0.05, 0.1) is 36.3 Å². The van der Waals surface area contributed by atoms with Crippen molar-refractivity contribution in [1.29, 1.82) is 5.26 Å². The highest BCUT2D eigenvalue weighted by molar-refractivity contribution is 5.95. The summed E-state index contributed by atoms with van der Waals surface area (Å²) >= 11 is 0. The van der Waals surface area contributed by atoms with Gasteiger partial charge in [-0.2, -0.15) is 5.26 Å². The Bertz CT molecular complexity index is 1050. The Balaban J connectivity index is 1.64. The van der Waals surface area contributed by atoms with Crippen LogP contribution in [0.1, 0.15) is 84.5 Å². The van der Waals surface area contributed by atoms with Gasteiger partial charge < -0.3 is 19.0 Å². The van der Waals surface area contributed by atoms with Crippen LogP contribution in [0, 0.1) is 18.3 Å². The number of fused-ring (bicyclic) bond motifs is 1. The fraction of sp³-hybridized carbons (Fsp3) is 0.577. The number of rotatable bonds is 6. The fourth-order valence-corrected chi connectivity index (χ4v) is 5.08. The Kier molecular flexibility index (Phi) is 7.04. The Morgan fingerprint density at radius 3 is 2.85 bits per heavy atom. The molecule has 0 radical (unpaired) electrons. The molecule has 4 rings (SSSR count). The van der Waals surface area contributed by atoms with E-state index in [1.54, 1.807) is 12.3 Å². The number of anilines is 1. The van der Waals surface area contributed by atoms with Crippen LogP contribution < -0.4 is 4.90 Å². The third kappa shape index (κ3) is 4.49. The fourth-order valence-electron chi connectivity index (χ4n) is 5.08. The minimum Gasteiger partial charge on any atom is -0.469 e. The maximum Gasteiger partial charge on any atom is 0.257 e. The number of nitrogens with zero attached hydrogens (tertiary/aromatic N) is 4. The average molecular weight is 451 g/mol. The van der Waals surface area contributed by atoms with Crippen LogP contribution in [0.5, 0.6) is 0 Å². The van der Waals surface area contributed by atoms with Crippen LogP contribution in [0.15, 0.2) is 16.7 Å². The molecule has 0 bridgehead atoms. The predicted molar refractivity (Wildman–Crippen MR) is 126 cm³/mol. The summed E-state index contributed by atoms with van der Waals surface area (Å²) in [4.78, 5) is 22.3. The molecule has 1 saturated heterocycles. The third-order valence-electron chi connectivity index (χ3n) is 7.01. The molecule has 33 heavy (non-hydrogen) atoms. The SMILES string of the molecule is CCCCC(C)c1nc(N2CCN(C(=O)c3ccoc3C)[C@H](C)C2)c(C#N)c2c1COCC2. The van der Waals surface area contributed by atoms with Crippen molar-refractivity contribution in [3.8, 4) is 6.07 Å². The molecule has 1 amide bonds. The molecular formula is C26H34N4O3. The van der Waals surface area contributed by atoms with Crippen molar-refractivity contribution in [3.05, 3.63) is 46.0 Å². The molecule has 7 nitrogen and oxygen atoms in total. The standard InChI is InChI=1S/C26H34N4O3/c1-5-6-7-17(2)24-23-16-32-12-8-21(23)22(14-27)25(28-24)29-10-11-30(18(3)15-29)26(31)20-9-13-33-19(20)4/h9,13,17-18H,5-8,10-12,15-16H2,1-4H3/t17?,18-/m1/s1. The molecule has 1 fully saturated rings. The summed E-state index contributed by atoms with van der Waals surface area (Å²) in [5.74, 6) is 1.73. The molecule has 0 saturated carbocycles. The molecule has 176 valence electrons. The van der Waals surface area contributed by atoms with E-state index in [1.165, 1.54) is 0 Å². The van der Waals surface area contributed by atoms with Gasteiger partial charge in [0.1, 0.15) is 17.6 Å². The van der Waals surface area contributed by atoms with Crippen LogP contribution in [0.4, 0.5) is 5.82 Å². The smallest absolute Gasteiger partial charge is 0.257 e. The molecule has 2 atom stereocenters. The van der Waals surface area contributed by atoms with Gasteiger partial charge in [0.25, 0.3) is 5.91 Å². The average Bonchev–Trinajstić information content (AvgIpc) is 3.26. The summed E-state index contributed by atoms with van der Waals surface area (Å²) in [7, 11) is 0. The number of aryl methyl sites for hydroxylation is 1. The lowest BCUT2D eigenvalue weighted by Gasteiger charge is -2.41. The zero-order chi connectivity index (χ0) is 23.5. The first-order chi connectivity index (χ1) is 16.0. The second-order valence-electron chi connectivity index (χ2n) is 9.29. The van der Waals surface area contributed by atoms with Gasteiger partial charge in [-0.15, -0.1) is 0 Å². The van der Waals surface area contributed by atoms with Gasteiger partial charge in [0.15, 0.2) is 0 Å². The van der Waals surface area contributed by atoms with Gasteiger partial charge in [-0.1, -0.05) is 26.7 Å². The number of nitriles is 1. The summed E-state index contributed by atoms with van der Waals surface area (Å²) in [6, 6.07) is 4.19. The largest absolute Gasteiger partial charge is 0.469 e. The lowest BCUT2D eigenvalue weighted by molar-refractivity contribution is 0.0671. The molecule has 1 unspecified atom stereocenters. The van der Waals surface area contributed by atoms with Crippen LogP contribution in [0.2, 0.25) is 0 Å². The lowest BCUT2D eigenvalue weighted by Crippen LogP contribution is -2.54. The number of piperazine rings is 1. The highest BCUT2D eigenvalue weighted by atomic mass is 16.5. The summed E-state index contributed by atoms with van der Waals surface area (Å²) < 4.78 is 11.1. The molecule has 2 aromatic heterocycles. The van der Waals surface area contributed by atoms with E-state index in [-0.39, 0.29) is 11.9 Å². The van der Waals surface area contributed by atoms with Gasteiger partial charge in [-0.3, -0.25) is 4.79 Å². The first kappa shape index (κ1) is 23.3. The van der Waals surface area contributed by atoms with Crippen molar-refractivity contribution in [2.75, 3.05) is 31.1 Å². The van der Waals surface area contributed by atoms with Crippen molar-refractivity contribution in [2.45, 2.75) is 71.9 Å². The quantitative estimate of drug-likeness (QED) is 0.641. The van der Waals surface area contributed by atoms with Crippen molar-refractivity contribution < 1.29 is 13.9 Å². The molecule has 2 aliphatic rings. The number of carbonyl (C=O) groups excluding carboxylic acids is 1. The van der Waals surface area contributed by atoms with E-state index in [1.807, 2.05) is 11.8 Å². The summed E-state index contributed by atoms with van der Waals surface area (Å²) in [6.45, 7) is 11.3. The zero-order valence-corrected chi connectivity index (χ0v) is 20.2. The molecule has 4 heterocycles. The van der Waals surface area contributed by atoms with Gasteiger partial charge >= 0.3 is 0 Å². The first-order valence-corrected chi connectivity index (χ1v) is 12.1. The van der Waals surface area contributed by atoms with Gasteiger partial charge in [-0.05, 0) is 44.2 Å². The normalized spacial score (nSPS) is 19.2. The summed E-state index contributed by atoms with van der Waals surface area (Å²) in [5.41, 5.74) is 4.59. The van der Waals surface area contributed by atoms with E-state index < -0.39 is 0 Å². The number of carbonyl (C=O) groups is 1. The monoisotopic (exact) mass is 450 g/mol. The number of hydrogen-bond acceptors (Lipinski definition) is 6. The number of amides is 1. The third-order valence-corrected chi connectivity index (χ3v) is 7.01. The van der Waals surface area contributed by atoms with Gasteiger partial charge in [0.2, 0.25) is 0 Å². The van der Waals surface area contributed by atoms with E-state index in [4.69, 9.17) is 14.1 Å². The van der Waals surface area contributed by atoms with E-state index in [0.717, 1.165) is 48.3 Å². The van der Waals surface area contributed by atoms with E-state index in [9.17, 15) is 10.1 Å². The highest BCUT2D eigenvalue weighted by Crippen LogP contribution is 2.35. The number of ether oxygens (including phenoxy) is 1. The van der Waals surface area contributed by atoms with Gasteiger partial charge in [-0.25, -0.2) is 4.98 Å². The summed E-state index contributed by atoms with van der Waals surface area (Å²) in [5, 5.41) is 10.1. The predicted octanol–water partition coefficient (Wildman–Crippen LogP) is 4.57. The second-order valence-corrected chi connectivity index (χ2v) is 9.29. The Hall–Kier alpha value is -2.85. The van der Waals surface area contributed by atoms with E-state index in [2.05, 4.69) is 31.7 Å². The summed E-state index contributed by atoms with van der Waals surface area (Å²) in [6.07, 6.45) is 5.68. The Morgan fingerprint density at radius 1 is 1.36 bits per heavy atom. The van der Waals surface area contributed by atoms with E-state index in [0.29, 0.717) is 55.7 Å². The number of furan rings is 1. The zero-order valence-electron chi connectivity index (χ0n) is 20.2. The Labute approximate surface area is 196 Å². The van der Waals surface area contributed by atoms with Gasteiger partial charge in [0, 0.05) is 31.2 Å². The molecule has 0 aliphatic carbocycles. The topological polar surface area (TPSA) is 82.6 Å². The number of aromatic nitrogens is 1. The molecule has 0 spiro atoms. The van der Waals surface area contributed by atoms with Crippen molar-refractivity contribution in [1.82, 2.24) is 9.88 Å². The van der Waals surface area contributed by atoms with Crippen molar-refractivity contribution in [3.63, 3.8) is 0 Å². The van der Waals surface area contributed by atoms with Crippen LogP contribution in [-0.2, 0) is 17.8 Å². The molecule has 2 aliphatic heterocycles. The first-order valence-electron chi connectivity index (χ1n) is 12.1. The second kappa shape index (κ2) is 9.96. The van der Waals surface area contributed by atoms with Crippen LogP contribution in [0.25, 0.3) is 0 Å². The molecular weight excluding hydrogens is 416 g/mol. The minimum absolute atomic E-state index is 0.00154. The maximum absolute atomic E-state index is 13.1. The molecule has 0 aromatic carbocycles. The van der Waals surface area contributed by atoms with E-state index >= 15 is 0 Å². The van der Waals surface area contributed by atoms with Crippen LogP contribution >= 0.6 is 0 Å². The number of pyridine rings is 1. The Morgan fingerprint density at radius 2 is 2.18 bits per heavy atom. The van der Waals surface area contributed by atoms with Crippen molar-refractivity contribution in [2.24, 2.45) is 0 Å². The number of hydrogen-bond donors (Lipinski definition) is 0. The molecule has 7 heteroatoms. The minimum atomic E-state index is -0.00535.